The molecule has 1 amide bonds. The molecule has 2 N–H and O–H groups in total. The lowest BCUT2D eigenvalue weighted by molar-refractivity contribution is -0.892. The quantitative estimate of drug-likeness (QED) is 0.211. The normalized spacial score (nSPS) is 14.4. The van der Waals surface area contributed by atoms with Gasteiger partial charge in [-0.1, -0.05) is 36.0 Å². The minimum absolute atomic E-state index is 0.00533. The number of aromatic nitrogens is 1. The van der Waals surface area contributed by atoms with Gasteiger partial charge < -0.3 is 19.8 Å². The number of aliphatic hydroxyl groups excluding tert-OH is 1. The van der Waals surface area contributed by atoms with Crippen LogP contribution >= 0.6 is 11.8 Å². The Kier molecular flexibility index (Phi) is 9.24. The Morgan fingerprint density at radius 2 is 1.81 bits per heavy atom. The molecule has 196 valence electrons. The maximum absolute atomic E-state index is 11.7. The van der Waals surface area contributed by atoms with E-state index < -0.39 is 0 Å². The molecule has 0 bridgehead atoms. The molecule has 37 heavy (non-hydrogen) atoms. The van der Waals surface area contributed by atoms with E-state index in [2.05, 4.69) is 103 Å². The van der Waals surface area contributed by atoms with Crippen molar-refractivity contribution in [3.05, 3.63) is 71.4 Å². The third-order valence-electron chi connectivity index (χ3n) is 7.02. The summed E-state index contributed by atoms with van der Waals surface area (Å²) in [6, 6.07) is 19.5. The first-order valence-electron chi connectivity index (χ1n) is 13.2. The van der Waals surface area contributed by atoms with Crippen LogP contribution in [-0.2, 0) is 11.3 Å². The summed E-state index contributed by atoms with van der Waals surface area (Å²) in [5.74, 6) is 0.0319. The smallest absolute Gasteiger partial charge is 0.220 e. The third-order valence-corrected chi connectivity index (χ3v) is 8.19. The first-order chi connectivity index (χ1) is 17.9. The molecule has 0 atom stereocenters. The molecule has 0 saturated carbocycles. The summed E-state index contributed by atoms with van der Waals surface area (Å²) < 4.78 is 3.33. The number of amides is 1. The molecular weight excluding hydrogens is 480 g/mol. The summed E-state index contributed by atoms with van der Waals surface area (Å²) in [4.78, 5) is 15.3. The fraction of sp³-hybridized carbons (Fsp3) is 0.400. The molecule has 1 aromatic heterocycles. The van der Waals surface area contributed by atoms with Crippen LogP contribution in [0.3, 0.4) is 0 Å². The van der Waals surface area contributed by atoms with Crippen LogP contribution in [0.1, 0.15) is 31.2 Å². The minimum Gasteiger partial charge on any atom is -0.395 e. The second kappa shape index (κ2) is 12.6. The van der Waals surface area contributed by atoms with E-state index in [1.165, 1.54) is 32.1 Å². The van der Waals surface area contributed by atoms with Gasteiger partial charge in [-0.15, -0.1) is 0 Å². The Morgan fingerprint density at radius 3 is 2.62 bits per heavy atom. The number of para-hydroxylation sites is 2. The number of unbranched alkanes of at least 4 members (excludes halogenated alkanes) is 1. The lowest BCUT2D eigenvalue weighted by atomic mass is 10.1. The minimum atomic E-state index is -0.00533. The predicted octanol–water partition coefficient (Wildman–Crippen LogP) is 4.41. The first-order valence-corrected chi connectivity index (χ1v) is 14.0. The number of thioether (sulfide) groups is 1. The van der Waals surface area contributed by atoms with Gasteiger partial charge >= 0.3 is 0 Å². The maximum Gasteiger partial charge on any atom is 0.220 e. The van der Waals surface area contributed by atoms with Crippen LogP contribution in [0.4, 0.5) is 5.69 Å². The molecule has 0 spiro atoms. The number of nitrogens with one attached hydrogen (secondary N) is 1. The monoisotopic (exact) mass is 520 g/mol. The Bertz CT molecular complexity index is 1260. The number of aryl methyl sites for hydroxylation is 1. The third kappa shape index (κ3) is 7.12. The Hall–Kier alpha value is -2.87. The number of aliphatic hydroxyl groups is 1. The average Bonchev–Trinajstić information content (AvgIpc) is 3.21. The molecule has 2 heterocycles. The van der Waals surface area contributed by atoms with Crippen molar-refractivity contribution in [1.82, 2.24) is 5.32 Å². The van der Waals surface area contributed by atoms with Gasteiger partial charge in [0.25, 0.3) is 0 Å². The van der Waals surface area contributed by atoms with E-state index in [9.17, 15) is 4.79 Å². The number of hydrogen-bond donors (Lipinski definition) is 2. The fourth-order valence-electron chi connectivity index (χ4n) is 4.90. The standard InChI is InChI=1S/C30H39N4O2S/c1-32-27-13-6-7-14-28(27)37-30(32)23-24-16-19-33(26-12-5-4-11-25(24)26)18-10-21-34(2,3)20-9-8-15-29(36)31-17-22-35/h4-7,11-14,16,19,23,35H,8-10,15,17-18,20-22H2,1-3H3/q+1/p+1. The molecule has 0 fully saturated rings. The van der Waals surface area contributed by atoms with Crippen LogP contribution in [0.15, 0.2) is 70.7 Å². The number of fused-ring (bicyclic) bond motifs is 2. The lowest BCUT2D eigenvalue weighted by Gasteiger charge is -2.29. The van der Waals surface area contributed by atoms with Gasteiger partial charge in [0.05, 0.1) is 56.3 Å². The van der Waals surface area contributed by atoms with Gasteiger partial charge in [-0.3, -0.25) is 4.79 Å². The number of quaternary nitrogens is 1. The van der Waals surface area contributed by atoms with Gasteiger partial charge in [-0.2, -0.15) is 4.57 Å². The van der Waals surface area contributed by atoms with Crippen molar-refractivity contribution in [3.8, 4) is 0 Å². The number of rotatable bonds is 12. The number of pyridine rings is 1. The van der Waals surface area contributed by atoms with Crippen molar-refractivity contribution in [2.45, 2.75) is 37.1 Å². The summed E-state index contributed by atoms with van der Waals surface area (Å²) in [6.07, 6.45) is 8.06. The average molecular weight is 521 g/mol. The van der Waals surface area contributed by atoms with Gasteiger partial charge in [0.1, 0.15) is 0 Å². The zero-order valence-corrected chi connectivity index (χ0v) is 23.1. The Morgan fingerprint density at radius 1 is 1.05 bits per heavy atom. The highest BCUT2D eigenvalue weighted by Crippen LogP contribution is 2.45. The summed E-state index contributed by atoms with van der Waals surface area (Å²) in [5, 5.41) is 14.0. The van der Waals surface area contributed by atoms with E-state index in [0.717, 1.165) is 43.4 Å². The van der Waals surface area contributed by atoms with Gasteiger partial charge in [0.15, 0.2) is 12.7 Å². The van der Waals surface area contributed by atoms with Crippen LogP contribution in [0.5, 0.6) is 0 Å². The lowest BCUT2D eigenvalue weighted by Crippen LogP contribution is -2.44. The summed E-state index contributed by atoms with van der Waals surface area (Å²) in [7, 11) is 6.69. The van der Waals surface area contributed by atoms with Crippen LogP contribution in [0.2, 0.25) is 0 Å². The fourth-order valence-corrected chi connectivity index (χ4v) is 6.00. The van der Waals surface area contributed by atoms with Crippen molar-refractivity contribution in [2.75, 3.05) is 52.3 Å². The highest BCUT2D eigenvalue weighted by molar-refractivity contribution is 8.03. The van der Waals surface area contributed by atoms with Crippen molar-refractivity contribution >= 4 is 40.3 Å². The molecule has 0 aliphatic carbocycles. The van der Waals surface area contributed by atoms with Crippen LogP contribution in [0.25, 0.3) is 17.0 Å². The van der Waals surface area contributed by atoms with Gasteiger partial charge in [-0.05, 0) is 42.7 Å². The molecule has 0 unspecified atom stereocenters. The zero-order valence-electron chi connectivity index (χ0n) is 22.3. The molecule has 1 aliphatic rings. The molecular formula is C30H40N4O2S+2. The maximum atomic E-state index is 11.7. The van der Waals surface area contributed by atoms with E-state index in [0.29, 0.717) is 13.0 Å². The first kappa shape index (κ1) is 27.2. The summed E-state index contributed by atoms with van der Waals surface area (Å²) in [5.41, 5.74) is 3.77. The van der Waals surface area contributed by atoms with Crippen molar-refractivity contribution in [3.63, 3.8) is 0 Å². The molecule has 2 aromatic carbocycles. The van der Waals surface area contributed by atoms with E-state index in [-0.39, 0.29) is 12.5 Å². The highest BCUT2D eigenvalue weighted by atomic mass is 32.2. The van der Waals surface area contributed by atoms with Crippen molar-refractivity contribution in [1.29, 1.82) is 0 Å². The number of carbonyl (C=O) groups excluding carboxylic acids is 1. The van der Waals surface area contributed by atoms with E-state index in [4.69, 9.17) is 5.11 Å². The van der Waals surface area contributed by atoms with Crippen molar-refractivity contribution in [2.24, 2.45) is 0 Å². The molecule has 6 nitrogen and oxygen atoms in total. The Balaban J connectivity index is 1.36. The van der Waals surface area contributed by atoms with Crippen LogP contribution in [0, 0.1) is 0 Å². The largest absolute Gasteiger partial charge is 0.395 e. The van der Waals surface area contributed by atoms with E-state index >= 15 is 0 Å². The number of anilines is 1. The Labute approximate surface area is 225 Å². The predicted molar refractivity (Wildman–Crippen MR) is 153 cm³/mol. The van der Waals surface area contributed by atoms with Crippen LogP contribution in [-0.4, -0.2) is 62.9 Å². The summed E-state index contributed by atoms with van der Waals surface area (Å²) in [6.45, 7) is 3.45. The molecule has 1 aliphatic heterocycles. The van der Waals surface area contributed by atoms with Gasteiger partial charge in [-0.25, -0.2) is 0 Å². The topological polar surface area (TPSA) is 56.5 Å². The van der Waals surface area contributed by atoms with Gasteiger partial charge in [0.2, 0.25) is 11.4 Å². The molecule has 3 aromatic rings. The molecule has 0 saturated heterocycles. The second-order valence-corrected chi connectivity index (χ2v) is 11.4. The molecule has 7 heteroatoms. The number of nitrogens with zero attached hydrogens (tertiary/aromatic N) is 3. The van der Waals surface area contributed by atoms with E-state index in [1.807, 2.05) is 11.8 Å². The number of hydrogen-bond acceptors (Lipinski definition) is 4. The van der Waals surface area contributed by atoms with Crippen molar-refractivity contribution < 1.29 is 19.0 Å². The second-order valence-electron chi connectivity index (χ2n) is 10.4. The molecule has 4 rings (SSSR count). The zero-order chi connectivity index (χ0) is 26.3. The van der Waals surface area contributed by atoms with Gasteiger partial charge in [0, 0.05) is 37.0 Å². The molecule has 0 radical (unpaired) electrons. The number of carbonyl (C=O) groups is 1. The van der Waals surface area contributed by atoms with Crippen LogP contribution < -0.4 is 14.8 Å². The number of benzene rings is 2. The highest BCUT2D eigenvalue weighted by Gasteiger charge is 2.22. The summed E-state index contributed by atoms with van der Waals surface area (Å²) >= 11 is 1.83. The SMILES string of the molecule is CN1/C(=C/c2cc[n+](CCC[N+](C)(C)CCCCC(=O)NCCO)c3ccccc23)Sc2ccccc21. The van der Waals surface area contributed by atoms with E-state index in [1.54, 1.807) is 0 Å².